The summed E-state index contributed by atoms with van der Waals surface area (Å²) in [6, 6.07) is 8.21. The summed E-state index contributed by atoms with van der Waals surface area (Å²) in [5, 5.41) is 30.6. The highest BCUT2D eigenvalue weighted by Crippen LogP contribution is 2.59. The van der Waals surface area contributed by atoms with E-state index in [0.29, 0.717) is 36.0 Å². The Morgan fingerprint density at radius 1 is 1.11 bits per heavy atom. The first-order valence-electron chi connectivity index (χ1n) is 13.4. The highest BCUT2D eigenvalue weighted by Gasteiger charge is 2.50. The average molecular weight is 477 g/mol. The molecule has 3 nitrogen and oxygen atoms in total. The van der Waals surface area contributed by atoms with E-state index in [0.717, 1.165) is 28.7 Å². The van der Waals surface area contributed by atoms with E-state index in [-0.39, 0.29) is 6.42 Å². The first-order chi connectivity index (χ1) is 16.4. The lowest BCUT2D eigenvalue weighted by Gasteiger charge is -2.44. The molecular formula is C32H44O3. The first kappa shape index (κ1) is 26.1. The maximum atomic E-state index is 10.4. The Kier molecular flexibility index (Phi) is 7.35. The first-order valence-corrected chi connectivity index (χ1v) is 13.4. The third-order valence-electron chi connectivity index (χ3n) is 9.11. The topological polar surface area (TPSA) is 60.7 Å². The summed E-state index contributed by atoms with van der Waals surface area (Å²) in [6.07, 6.45) is 16.4. The van der Waals surface area contributed by atoms with Gasteiger partial charge in [0.25, 0.3) is 0 Å². The summed E-state index contributed by atoms with van der Waals surface area (Å²) in [7, 11) is 0. The van der Waals surface area contributed by atoms with Crippen molar-refractivity contribution in [2.45, 2.75) is 90.4 Å². The fourth-order valence-electron chi connectivity index (χ4n) is 6.98. The fourth-order valence-corrected chi connectivity index (χ4v) is 6.98. The molecule has 0 radical (unpaired) electrons. The summed E-state index contributed by atoms with van der Waals surface area (Å²) < 4.78 is 0. The molecule has 0 aromatic heterocycles. The quantitative estimate of drug-likeness (QED) is 0.399. The molecular weight excluding hydrogens is 432 g/mol. The van der Waals surface area contributed by atoms with Crippen LogP contribution in [0.25, 0.3) is 6.08 Å². The van der Waals surface area contributed by atoms with E-state index in [1.54, 1.807) is 0 Å². The number of fused-ring (bicyclic) bond motifs is 1. The predicted octanol–water partition coefficient (Wildman–Crippen LogP) is 7.05. The van der Waals surface area contributed by atoms with Crippen LogP contribution in [0.3, 0.4) is 0 Å². The minimum absolute atomic E-state index is 0.274. The molecule has 0 amide bonds. The number of hydrogen-bond acceptors (Lipinski definition) is 3. The van der Waals surface area contributed by atoms with Gasteiger partial charge in [0.05, 0.1) is 5.60 Å². The van der Waals surface area contributed by atoms with Gasteiger partial charge in [-0.05, 0) is 98.3 Å². The number of aliphatic hydroxyl groups is 3. The summed E-state index contributed by atoms with van der Waals surface area (Å²) in [5.74, 6) is 0.123. The molecule has 3 heteroatoms. The highest BCUT2D eigenvalue weighted by molar-refractivity contribution is 5.51. The second-order valence-electron chi connectivity index (χ2n) is 12.2. The summed E-state index contributed by atoms with van der Waals surface area (Å²) in [6.45, 7) is 12.7. The summed E-state index contributed by atoms with van der Waals surface area (Å²) in [5.41, 5.74) is 5.10. The molecule has 3 fully saturated rings. The van der Waals surface area contributed by atoms with Gasteiger partial charge >= 0.3 is 0 Å². The van der Waals surface area contributed by atoms with E-state index in [2.05, 4.69) is 56.9 Å². The Balaban J connectivity index is 1.50. The largest absolute Gasteiger partial charge is 0.386 e. The zero-order chi connectivity index (χ0) is 25.4. The summed E-state index contributed by atoms with van der Waals surface area (Å²) >= 11 is 0. The van der Waals surface area contributed by atoms with Crippen molar-refractivity contribution in [2.75, 3.05) is 0 Å². The molecule has 3 aliphatic rings. The Hall–Kier alpha value is -1.94. The van der Waals surface area contributed by atoms with Crippen molar-refractivity contribution < 1.29 is 15.3 Å². The normalized spacial score (nSPS) is 32.4. The van der Waals surface area contributed by atoms with E-state index in [1.807, 2.05) is 26.0 Å². The molecule has 0 saturated heterocycles. The van der Waals surface area contributed by atoms with Crippen molar-refractivity contribution in [1.29, 1.82) is 0 Å². The van der Waals surface area contributed by atoms with E-state index >= 15 is 0 Å². The number of hydrogen-bond donors (Lipinski definition) is 3. The molecule has 0 unspecified atom stereocenters. The molecule has 3 saturated carbocycles. The van der Waals surface area contributed by atoms with Gasteiger partial charge in [0.2, 0.25) is 0 Å². The van der Waals surface area contributed by atoms with Crippen LogP contribution in [-0.2, 0) is 5.60 Å². The van der Waals surface area contributed by atoms with Gasteiger partial charge in [-0.15, -0.1) is 0 Å². The third kappa shape index (κ3) is 5.74. The van der Waals surface area contributed by atoms with E-state index < -0.39 is 11.4 Å². The molecule has 4 rings (SSSR count). The minimum atomic E-state index is -1.60. The summed E-state index contributed by atoms with van der Waals surface area (Å²) in [4.78, 5) is 0. The minimum Gasteiger partial charge on any atom is -0.386 e. The second-order valence-corrected chi connectivity index (χ2v) is 12.2. The van der Waals surface area contributed by atoms with Gasteiger partial charge in [0.1, 0.15) is 0 Å². The van der Waals surface area contributed by atoms with Gasteiger partial charge in [-0.3, -0.25) is 0 Å². The lowest BCUT2D eigenvalue weighted by atomic mass is 9.61. The van der Waals surface area contributed by atoms with Crippen LogP contribution >= 0.6 is 0 Å². The molecule has 0 aliphatic heterocycles. The van der Waals surface area contributed by atoms with Crippen molar-refractivity contribution in [3.8, 4) is 0 Å². The number of rotatable bonds is 5. The average Bonchev–Trinajstić information content (AvgIpc) is 3.15. The molecule has 3 aliphatic carbocycles. The van der Waals surface area contributed by atoms with Gasteiger partial charge in [0.15, 0.2) is 5.79 Å². The SMILES string of the molecule is C=C1CCC(O)(O)C/C1=C/C=C1\CCC[C@@]2(C)[C@@H]1CC[C@@H]2[C@H](C)/C=C\c1cccc(C(C)(C)O)c1. The smallest absolute Gasteiger partial charge is 0.166 e. The molecule has 0 bridgehead atoms. The lowest BCUT2D eigenvalue weighted by molar-refractivity contribution is -0.166. The van der Waals surface area contributed by atoms with Gasteiger partial charge in [-0.25, -0.2) is 0 Å². The van der Waals surface area contributed by atoms with Crippen LogP contribution in [0.1, 0.15) is 90.2 Å². The third-order valence-corrected chi connectivity index (χ3v) is 9.11. The molecule has 1 aromatic rings. The maximum absolute atomic E-state index is 10.4. The standard InChI is InChI=1S/C32H44O3/c1-22-17-19-32(34,35)21-26(22)14-13-25-9-7-18-31(5)28(15-16-29(25)31)23(2)11-12-24-8-6-10-27(20-24)30(3,4)33/h6,8,10-14,20,23,28-29,33-35H,1,7,9,15-19,21H2,2-5H3/b12-11-,25-13+,26-14-/t23-,28-,29-,31-/m1/s1. The Bertz CT molecular complexity index is 1040. The van der Waals surface area contributed by atoms with Crippen LogP contribution in [0, 0.1) is 23.2 Å². The van der Waals surface area contributed by atoms with E-state index in [4.69, 9.17) is 0 Å². The van der Waals surface area contributed by atoms with Crippen molar-refractivity contribution in [2.24, 2.45) is 23.2 Å². The van der Waals surface area contributed by atoms with Crippen molar-refractivity contribution >= 4 is 6.08 Å². The van der Waals surface area contributed by atoms with Gasteiger partial charge in [-0.1, -0.05) is 74.1 Å². The highest BCUT2D eigenvalue weighted by atomic mass is 16.5. The molecule has 1 aromatic carbocycles. The zero-order valence-electron chi connectivity index (χ0n) is 22.1. The van der Waals surface area contributed by atoms with Crippen LogP contribution in [0.5, 0.6) is 0 Å². The van der Waals surface area contributed by atoms with Crippen LogP contribution in [0.15, 0.2) is 65.8 Å². The van der Waals surface area contributed by atoms with Crippen molar-refractivity contribution in [1.82, 2.24) is 0 Å². The number of benzene rings is 1. The van der Waals surface area contributed by atoms with Crippen molar-refractivity contribution in [3.05, 3.63) is 76.9 Å². The van der Waals surface area contributed by atoms with Gasteiger partial charge in [0, 0.05) is 12.8 Å². The molecule has 3 N–H and O–H groups in total. The number of allylic oxidation sites excluding steroid dienone is 5. The van der Waals surface area contributed by atoms with Crippen molar-refractivity contribution in [3.63, 3.8) is 0 Å². The fraction of sp³-hybridized carbons (Fsp3) is 0.562. The molecule has 35 heavy (non-hydrogen) atoms. The molecule has 4 atom stereocenters. The van der Waals surface area contributed by atoms with Crippen LogP contribution in [0.2, 0.25) is 0 Å². The zero-order valence-corrected chi connectivity index (χ0v) is 22.1. The van der Waals surface area contributed by atoms with Crippen LogP contribution < -0.4 is 0 Å². The van der Waals surface area contributed by atoms with Crippen LogP contribution in [-0.4, -0.2) is 21.1 Å². The van der Waals surface area contributed by atoms with E-state index in [9.17, 15) is 15.3 Å². The maximum Gasteiger partial charge on any atom is 0.166 e. The molecule has 0 spiro atoms. The second kappa shape index (κ2) is 9.84. The monoisotopic (exact) mass is 476 g/mol. The Morgan fingerprint density at radius 3 is 2.63 bits per heavy atom. The Labute approximate surface area is 212 Å². The molecule has 0 heterocycles. The van der Waals surface area contributed by atoms with Gasteiger partial charge in [-0.2, -0.15) is 0 Å². The Morgan fingerprint density at radius 2 is 1.89 bits per heavy atom. The van der Waals surface area contributed by atoms with Crippen LogP contribution in [0.4, 0.5) is 0 Å². The van der Waals surface area contributed by atoms with E-state index in [1.165, 1.54) is 31.3 Å². The molecule has 190 valence electrons. The predicted molar refractivity (Wildman–Crippen MR) is 144 cm³/mol. The van der Waals surface area contributed by atoms with Gasteiger partial charge < -0.3 is 15.3 Å². The lowest BCUT2D eigenvalue weighted by Crippen LogP contribution is -2.35.